The zero-order valence-corrected chi connectivity index (χ0v) is 22.3. The Morgan fingerprint density at radius 2 is 1.58 bits per heavy atom. The molecule has 1 fully saturated rings. The van der Waals surface area contributed by atoms with Crippen LogP contribution in [0.1, 0.15) is 90.8 Å². The molecule has 0 atom stereocenters. The molecule has 0 bridgehead atoms. The van der Waals surface area contributed by atoms with Crippen LogP contribution < -0.4 is 5.32 Å². The highest BCUT2D eigenvalue weighted by Crippen LogP contribution is 2.36. The van der Waals surface area contributed by atoms with Crippen molar-refractivity contribution in [1.29, 1.82) is 0 Å². The third-order valence-corrected chi connectivity index (χ3v) is 7.55. The van der Waals surface area contributed by atoms with E-state index in [4.69, 9.17) is 4.98 Å². The number of carbonyl (C=O) groups is 2. The number of benzene rings is 3. The van der Waals surface area contributed by atoms with Crippen molar-refractivity contribution in [2.75, 3.05) is 0 Å². The van der Waals surface area contributed by atoms with E-state index >= 15 is 0 Å². The summed E-state index contributed by atoms with van der Waals surface area (Å²) in [5.41, 5.74) is 5.80. The summed E-state index contributed by atoms with van der Waals surface area (Å²) in [6.45, 7) is 7.02. The largest absolute Gasteiger partial charge is 0.478 e. The Balaban J connectivity index is 1.37. The van der Waals surface area contributed by atoms with E-state index in [0.29, 0.717) is 23.7 Å². The molecule has 4 aromatic rings. The monoisotopic (exact) mass is 509 g/mol. The van der Waals surface area contributed by atoms with Crippen LogP contribution in [0.2, 0.25) is 0 Å². The molecule has 6 heteroatoms. The van der Waals surface area contributed by atoms with E-state index in [1.807, 2.05) is 30.3 Å². The van der Waals surface area contributed by atoms with Crippen molar-refractivity contribution in [2.24, 2.45) is 0 Å². The first kappa shape index (κ1) is 25.7. The molecular formula is C32H35N3O3. The number of imidazole rings is 1. The van der Waals surface area contributed by atoms with Gasteiger partial charge in [0.2, 0.25) is 0 Å². The molecule has 6 nitrogen and oxygen atoms in total. The van der Waals surface area contributed by atoms with E-state index in [1.54, 1.807) is 12.1 Å². The summed E-state index contributed by atoms with van der Waals surface area (Å²) in [6.07, 6.45) is 5.75. The number of carboxylic acid groups (broad SMARTS) is 1. The van der Waals surface area contributed by atoms with Crippen LogP contribution in [-0.2, 0) is 12.0 Å². The smallest absolute Gasteiger partial charge is 0.335 e. The summed E-state index contributed by atoms with van der Waals surface area (Å²) >= 11 is 0. The van der Waals surface area contributed by atoms with Crippen molar-refractivity contribution < 1.29 is 14.7 Å². The van der Waals surface area contributed by atoms with Gasteiger partial charge in [-0.1, -0.05) is 76.4 Å². The number of rotatable bonds is 6. The normalized spacial score (nSPS) is 14.5. The Morgan fingerprint density at radius 3 is 2.21 bits per heavy atom. The predicted molar refractivity (Wildman–Crippen MR) is 151 cm³/mol. The van der Waals surface area contributed by atoms with Crippen LogP contribution in [-0.4, -0.2) is 26.5 Å². The van der Waals surface area contributed by atoms with Gasteiger partial charge >= 0.3 is 5.97 Å². The van der Waals surface area contributed by atoms with E-state index in [-0.39, 0.29) is 16.9 Å². The summed E-state index contributed by atoms with van der Waals surface area (Å²) in [6, 6.07) is 21.4. The fourth-order valence-electron chi connectivity index (χ4n) is 5.32. The molecule has 196 valence electrons. The molecule has 2 N–H and O–H groups in total. The van der Waals surface area contributed by atoms with Crippen molar-refractivity contribution in [3.05, 3.63) is 89.0 Å². The minimum Gasteiger partial charge on any atom is -0.478 e. The minimum absolute atomic E-state index is 0.0968. The number of hydrogen-bond donors (Lipinski definition) is 2. The lowest BCUT2D eigenvalue weighted by Gasteiger charge is -2.25. The number of aromatic carboxylic acids is 1. The highest BCUT2D eigenvalue weighted by Gasteiger charge is 2.23. The maximum absolute atomic E-state index is 12.9. The fraction of sp³-hybridized carbons (Fsp3) is 0.344. The van der Waals surface area contributed by atoms with Crippen LogP contribution in [0, 0.1) is 0 Å². The molecule has 0 saturated heterocycles. The molecule has 1 amide bonds. The lowest BCUT2D eigenvalue weighted by Crippen LogP contribution is -2.22. The van der Waals surface area contributed by atoms with Gasteiger partial charge in [0, 0.05) is 23.7 Å². The van der Waals surface area contributed by atoms with Gasteiger partial charge in [0.1, 0.15) is 5.82 Å². The number of aromatic nitrogens is 2. The Hall–Kier alpha value is -3.93. The Kier molecular flexibility index (Phi) is 7.06. The molecule has 0 aliphatic heterocycles. The highest BCUT2D eigenvalue weighted by molar-refractivity contribution is 5.95. The Bertz CT molecular complexity index is 1460. The average Bonchev–Trinajstić information content (AvgIpc) is 3.31. The minimum atomic E-state index is -0.957. The molecular weight excluding hydrogens is 474 g/mol. The second-order valence-electron chi connectivity index (χ2n) is 11.3. The van der Waals surface area contributed by atoms with Gasteiger partial charge in [-0.2, -0.15) is 0 Å². The van der Waals surface area contributed by atoms with E-state index in [1.165, 1.54) is 24.8 Å². The van der Waals surface area contributed by atoms with Crippen molar-refractivity contribution >= 4 is 22.9 Å². The van der Waals surface area contributed by atoms with Gasteiger partial charge in [-0.25, -0.2) is 9.78 Å². The van der Waals surface area contributed by atoms with E-state index in [9.17, 15) is 14.7 Å². The van der Waals surface area contributed by atoms with Crippen LogP contribution in [0.25, 0.3) is 22.4 Å². The molecule has 0 spiro atoms. The zero-order valence-electron chi connectivity index (χ0n) is 22.3. The second kappa shape index (κ2) is 10.4. The van der Waals surface area contributed by atoms with Crippen molar-refractivity contribution in [2.45, 2.75) is 70.9 Å². The molecule has 1 saturated carbocycles. The van der Waals surface area contributed by atoms with E-state index < -0.39 is 5.97 Å². The van der Waals surface area contributed by atoms with Crippen LogP contribution in [0.15, 0.2) is 66.7 Å². The fourth-order valence-corrected chi connectivity index (χ4v) is 5.32. The van der Waals surface area contributed by atoms with Crippen LogP contribution in [0.5, 0.6) is 0 Å². The van der Waals surface area contributed by atoms with E-state index in [0.717, 1.165) is 35.3 Å². The first-order valence-electron chi connectivity index (χ1n) is 13.4. The van der Waals surface area contributed by atoms with Gasteiger partial charge in [-0.3, -0.25) is 4.79 Å². The lowest BCUT2D eigenvalue weighted by molar-refractivity contribution is 0.0696. The maximum atomic E-state index is 12.9. The molecule has 1 aliphatic carbocycles. The average molecular weight is 510 g/mol. The standard InChI is InChI=1S/C32H35N3O3/c1-32(2,3)25-16-9-21(10-17-25)20-33-30(36)23-13-11-22(12-14-23)29-34-27-19-24(31(37)38)15-18-28(27)35(29)26-7-5-4-6-8-26/h9-19,26H,4-8,20H2,1-3H3,(H,33,36)(H,37,38). The number of amides is 1. The van der Waals surface area contributed by atoms with Crippen molar-refractivity contribution in [3.8, 4) is 11.4 Å². The molecule has 5 rings (SSSR count). The summed E-state index contributed by atoms with van der Waals surface area (Å²) in [5, 5.41) is 12.5. The molecule has 1 aromatic heterocycles. The van der Waals surface area contributed by atoms with Crippen LogP contribution >= 0.6 is 0 Å². The Labute approximate surface area is 223 Å². The summed E-state index contributed by atoms with van der Waals surface area (Å²) < 4.78 is 2.27. The number of fused-ring (bicyclic) bond motifs is 1. The lowest BCUT2D eigenvalue weighted by atomic mass is 9.87. The third kappa shape index (κ3) is 5.35. The summed E-state index contributed by atoms with van der Waals surface area (Å²) in [4.78, 5) is 29.3. The maximum Gasteiger partial charge on any atom is 0.335 e. The van der Waals surface area contributed by atoms with Crippen molar-refractivity contribution in [3.63, 3.8) is 0 Å². The second-order valence-corrected chi connectivity index (χ2v) is 11.3. The van der Waals surface area contributed by atoms with Gasteiger partial charge in [0.15, 0.2) is 0 Å². The summed E-state index contributed by atoms with van der Waals surface area (Å²) in [7, 11) is 0. The highest BCUT2D eigenvalue weighted by atomic mass is 16.4. The third-order valence-electron chi connectivity index (χ3n) is 7.55. The Morgan fingerprint density at radius 1 is 0.921 bits per heavy atom. The molecule has 0 radical (unpaired) electrons. The number of carbonyl (C=O) groups excluding carboxylic acids is 1. The van der Waals surface area contributed by atoms with Gasteiger partial charge in [0.25, 0.3) is 5.91 Å². The van der Waals surface area contributed by atoms with Crippen LogP contribution in [0.3, 0.4) is 0 Å². The van der Waals surface area contributed by atoms with Gasteiger partial charge in [-0.15, -0.1) is 0 Å². The quantitative estimate of drug-likeness (QED) is 0.289. The number of hydrogen-bond acceptors (Lipinski definition) is 3. The molecule has 0 unspecified atom stereocenters. The molecule has 1 aliphatic rings. The number of carboxylic acids is 1. The number of nitrogens with one attached hydrogen (secondary N) is 1. The first-order valence-corrected chi connectivity index (χ1v) is 13.4. The summed E-state index contributed by atoms with van der Waals surface area (Å²) in [5.74, 6) is -0.259. The van der Waals surface area contributed by atoms with Gasteiger partial charge < -0.3 is 15.0 Å². The predicted octanol–water partition coefficient (Wildman–Crippen LogP) is 7.13. The van der Waals surface area contributed by atoms with Crippen LogP contribution in [0.4, 0.5) is 0 Å². The molecule has 3 aromatic carbocycles. The molecule has 38 heavy (non-hydrogen) atoms. The first-order chi connectivity index (χ1) is 18.2. The SMILES string of the molecule is CC(C)(C)c1ccc(CNC(=O)c2ccc(-c3nc4cc(C(=O)O)ccc4n3C3CCCCC3)cc2)cc1. The van der Waals surface area contributed by atoms with E-state index in [2.05, 4.69) is 54.9 Å². The number of nitrogens with zero attached hydrogens (tertiary/aromatic N) is 2. The topological polar surface area (TPSA) is 84.2 Å². The van der Waals surface area contributed by atoms with Crippen molar-refractivity contribution in [1.82, 2.24) is 14.9 Å². The molecule has 1 heterocycles. The van der Waals surface area contributed by atoms with Gasteiger partial charge in [-0.05, 0) is 59.7 Å². The van der Waals surface area contributed by atoms with Gasteiger partial charge in [0.05, 0.1) is 16.6 Å². The zero-order chi connectivity index (χ0) is 26.9.